The molecule has 0 radical (unpaired) electrons. The van der Waals surface area contributed by atoms with Crippen LogP contribution in [0.3, 0.4) is 0 Å². The monoisotopic (exact) mass is 260 g/mol. The van der Waals surface area contributed by atoms with Gasteiger partial charge in [-0.25, -0.2) is 0 Å². The zero-order valence-electron chi connectivity index (χ0n) is 11.4. The number of hydrogen-bond acceptors (Lipinski definition) is 2. The van der Waals surface area contributed by atoms with Crippen LogP contribution in [0.5, 0.6) is 0 Å². The van der Waals surface area contributed by atoms with E-state index < -0.39 is 0 Å². The molecule has 3 aromatic carbocycles. The number of fused-ring (bicyclic) bond motifs is 1. The molecule has 0 amide bonds. The number of anilines is 1. The highest BCUT2D eigenvalue weighted by atomic mass is 15.3. The van der Waals surface area contributed by atoms with Gasteiger partial charge in [0, 0.05) is 5.56 Å². The Kier molecular flexibility index (Phi) is 3.46. The number of para-hydroxylation sites is 1. The summed E-state index contributed by atoms with van der Waals surface area (Å²) in [6, 6.07) is 24.6. The molecule has 2 heteroatoms. The van der Waals surface area contributed by atoms with Gasteiger partial charge in [-0.1, -0.05) is 60.7 Å². The summed E-state index contributed by atoms with van der Waals surface area (Å²) < 4.78 is 0. The van der Waals surface area contributed by atoms with E-state index in [9.17, 15) is 0 Å². The Balaban J connectivity index is 1.94. The molecule has 1 N–H and O–H groups in total. The molecule has 0 fully saturated rings. The molecule has 0 saturated carbocycles. The van der Waals surface area contributed by atoms with E-state index in [4.69, 9.17) is 0 Å². The molecule has 0 spiro atoms. The maximum atomic E-state index is 4.48. The van der Waals surface area contributed by atoms with Crippen molar-refractivity contribution in [2.45, 2.75) is 6.92 Å². The van der Waals surface area contributed by atoms with Crippen molar-refractivity contribution in [1.29, 1.82) is 0 Å². The van der Waals surface area contributed by atoms with E-state index in [0.29, 0.717) is 0 Å². The minimum Gasteiger partial charge on any atom is -0.278 e. The third kappa shape index (κ3) is 2.54. The molecular weight excluding hydrogens is 244 g/mol. The maximum absolute atomic E-state index is 4.48. The third-order valence-corrected chi connectivity index (χ3v) is 3.31. The van der Waals surface area contributed by atoms with Gasteiger partial charge in [0.25, 0.3) is 0 Å². The average molecular weight is 260 g/mol. The first-order valence-corrected chi connectivity index (χ1v) is 6.68. The molecule has 0 saturated heterocycles. The van der Waals surface area contributed by atoms with E-state index >= 15 is 0 Å². The first-order chi connectivity index (χ1) is 9.84. The Morgan fingerprint density at radius 1 is 0.800 bits per heavy atom. The number of nitrogens with zero attached hydrogens (tertiary/aromatic N) is 1. The van der Waals surface area contributed by atoms with Gasteiger partial charge in [-0.15, -0.1) is 0 Å². The van der Waals surface area contributed by atoms with E-state index in [1.54, 1.807) is 0 Å². The number of nitrogens with one attached hydrogen (secondary N) is 1. The minimum absolute atomic E-state index is 0.977. The van der Waals surface area contributed by atoms with Crippen molar-refractivity contribution in [1.82, 2.24) is 0 Å². The van der Waals surface area contributed by atoms with Crippen LogP contribution in [0.1, 0.15) is 12.5 Å². The molecule has 0 unspecified atom stereocenters. The van der Waals surface area contributed by atoms with Gasteiger partial charge >= 0.3 is 0 Å². The molecule has 3 rings (SSSR count). The second-order valence-corrected chi connectivity index (χ2v) is 4.70. The number of rotatable bonds is 3. The van der Waals surface area contributed by atoms with Crippen LogP contribution in [0.15, 0.2) is 77.9 Å². The van der Waals surface area contributed by atoms with Crippen molar-refractivity contribution in [3.63, 3.8) is 0 Å². The summed E-state index contributed by atoms with van der Waals surface area (Å²) in [5.74, 6) is 0. The molecular formula is C18H16N2. The summed E-state index contributed by atoms with van der Waals surface area (Å²) in [7, 11) is 0. The highest BCUT2D eigenvalue weighted by Crippen LogP contribution is 2.19. The van der Waals surface area contributed by atoms with Gasteiger partial charge in [0.05, 0.1) is 11.4 Å². The van der Waals surface area contributed by atoms with Crippen molar-refractivity contribution < 1.29 is 0 Å². The van der Waals surface area contributed by atoms with Crippen LogP contribution in [0.4, 0.5) is 5.69 Å². The minimum atomic E-state index is 0.977. The van der Waals surface area contributed by atoms with Gasteiger partial charge in [0.2, 0.25) is 0 Å². The van der Waals surface area contributed by atoms with Crippen LogP contribution < -0.4 is 5.43 Å². The predicted molar refractivity (Wildman–Crippen MR) is 86.2 cm³/mol. The molecule has 0 heterocycles. The zero-order chi connectivity index (χ0) is 13.8. The van der Waals surface area contributed by atoms with Gasteiger partial charge < -0.3 is 0 Å². The van der Waals surface area contributed by atoms with Gasteiger partial charge in [-0.05, 0) is 29.8 Å². The summed E-state index contributed by atoms with van der Waals surface area (Å²) in [6.07, 6.45) is 0. The van der Waals surface area contributed by atoms with Crippen molar-refractivity contribution in [2.75, 3.05) is 5.43 Å². The Labute approximate surface area is 118 Å². The predicted octanol–water partition coefficient (Wildman–Crippen LogP) is 4.68. The van der Waals surface area contributed by atoms with Crippen molar-refractivity contribution >= 4 is 22.2 Å². The van der Waals surface area contributed by atoms with Crippen LogP contribution in [0, 0.1) is 0 Å². The van der Waals surface area contributed by atoms with Crippen molar-refractivity contribution in [3.05, 3.63) is 78.4 Å². The second kappa shape index (κ2) is 5.57. The van der Waals surface area contributed by atoms with E-state index in [0.717, 1.165) is 17.0 Å². The number of hydrogen-bond donors (Lipinski definition) is 1. The lowest BCUT2D eigenvalue weighted by Gasteiger charge is -2.07. The number of benzene rings is 3. The van der Waals surface area contributed by atoms with E-state index in [2.05, 4.69) is 53.0 Å². The number of hydrazone groups is 1. The summed E-state index contributed by atoms with van der Waals surface area (Å²) in [4.78, 5) is 0. The summed E-state index contributed by atoms with van der Waals surface area (Å²) >= 11 is 0. The maximum Gasteiger partial charge on any atom is 0.0654 e. The van der Waals surface area contributed by atoms with Crippen molar-refractivity contribution in [3.8, 4) is 0 Å². The quantitative estimate of drug-likeness (QED) is 0.537. The van der Waals surface area contributed by atoms with Crippen LogP contribution in [-0.2, 0) is 0 Å². The van der Waals surface area contributed by atoms with E-state index in [1.165, 1.54) is 10.8 Å². The average Bonchev–Trinajstić information content (AvgIpc) is 2.53. The summed E-state index contributed by atoms with van der Waals surface area (Å²) in [5.41, 5.74) is 6.22. The lowest BCUT2D eigenvalue weighted by atomic mass is 10.0. The van der Waals surface area contributed by atoms with Crippen LogP contribution in [0.25, 0.3) is 10.8 Å². The van der Waals surface area contributed by atoms with Crippen molar-refractivity contribution in [2.24, 2.45) is 5.10 Å². The van der Waals surface area contributed by atoms with Crippen LogP contribution in [0.2, 0.25) is 0 Å². The molecule has 0 atom stereocenters. The lowest BCUT2D eigenvalue weighted by Crippen LogP contribution is -2.00. The molecule has 0 aliphatic rings. The molecule has 98 valence electrons. The first kappa shape index (κ1) is 12.4. The first-order valence-electron chi connectivity index (χ1n) is 6.68. The molecule has 0 aromatic heterocycles. The normalized spacial score (nSPS) is 11.6. The highest BCUT2D eigenvalue weighted by molar-refractivity contribution is 6.09. The fourth-order valence-electron chi connectivity index (χ4n) is 2.26. The molecule has 0 bridgehead atoms. The molecule has 0 aliphatic heterocycles. The van der Waals surface area contributed by atoms with Crippen LogP contribution in [-0.4, -0.2) is 5.71 Å². The Morgan fingerprint density at radius 3 is 2.35 bits per heavy atom. The van der Waals surface area contributed by atoms with Gasteiger partial charge in [-0.2, -0.15) is 5.10 Å². The lowest BCUT2D eigenvalue weighted by molar-refractivity contribution is 1.32. The second-order valence-electron chi connectivity index (χ2n) is 4.70. The topological polar surface area (TPSA) is 24.4 Å². The smallest absolute Gasteiger partial charge is 0.0654 e. The zero-order valence-corrected chi connectivity index (χ0v) is 11.4. The standard InChI is InChI=1S/C18H16N2/c1-14(19-20-16-10-3-2-4-11-16)17-13-7-9-15-8-5-6-12-18(15)17/h2-13,20H,1H3/b19-14+. The highest BCUT2D eigenvalue weighted by Gasteiger charge is 2.03. The SMILES string of the molecule is C/C(=N\Nc1ccccc1)c1cccc2ccccc12. The summed E-state index contributed by atoms with van der Waals surface area (Å²) in [6.45, 7) is 2.03. The molecule has 0 aliphatic carbocycles. The third-order valence-electron chi connectivity index (χ3n) is 3.31. The van der Waals surface area contributed by atoms with Gasteiger partial charge in [0.15, 0.2) is 0 Å². The van der Waals surface area contributed by atoms with E-state index in [-0.39, 0.29) is 0 Å². The molecule has 3 aromatic rings. The Bertz CT molecular complexity index is 740. The fourth-order valence-corrected chi connectivity index (χ4v) is 2.26. The summed E-state index contributed by atoms with van der Waals surface area (Å²) in [5, 5.41) is 6.94. The van der Waals surface area contributed by atoms with Crippen LogP contribution >= 0.6 is 0 Å². The largest absolute Gasteiger partial charge is 0.278 e. The fraction of sp³-hybridized carbons (Fsp3) is 0.0556. The Hall–Kier alpha value is -2.61. The Morgan fingerprint density at radius 2 is 1.50 bits per heavy atom. The van der Waals surface area contributed by atoms with E-state index in [1.807, 2.05) is 37.3 Å². The van der Waals surface area contributed by atoms with Gasteiger partial charge in [0.1, 0.15) is 0 Å². The van der Waals surface area contributed by atoms with Gasteiger partial charge in [-0.3, -0.25) is 5.43 Å². The molecule has 20 heavy (non-hydrogen) atoms. The molecule has 2 nitrogen and oxygen atoms in total.